The Balaban J connectivity index is 2.96. The van der Waals surface area contributed by atoms with Gasteiger partial charge < -0.3 is 14.8 Å². The van der Waals surface area contributed by atoms with Crippen molar-refractivity contribution < 1.29 is 9.47 Å². The minimum Gasteiger partial charge on any atom is -0.493 e. The molecule has 1 aromatic rings. The van der Waals surface area contributed by atoms with Gasteiger partial charge in [-0.25, -0.2) is 0 Å². The van der Waals surface area contributed by atoms with E-state index < -0.39 is 0 Å². The highest BCUT2D eigenvalue weighted by Crippen LogP contribution is 2.32. The van der Waals surface area contributed by atoms with Gasteiger partial charge in [0.05, 0.1) is 12.2 Å². The maximum Gasteiger partial charge on any atom is 0.124 e. The highest BCUT2D eigenvalue weighted by molar-refractivity contribution is 5.36. The van der Waals surface area contributed by atoms with Crippen LogP contribution in [0.3, 0.4) is 0 Å². The smallest absolute Gasteiger partial charge is 0.124 e. The first-order chi connectivity index (χ1) is 10.0. The van der Waals surface area contributed by atoms with Crippen LogP contribution in [0.2, 0.25) is 0 Å². The number of hydrogen-bond donors (Lipinski definition) is 1. The SMILES string of the molecule is CCCNC(CC(C)(C)OC)c1ccccc1OCCC. The summed E-state index contributed by atoms with van der Waals surface area (Å²) in [6, 6.07) is 8.57. The first kappa shape index (κ1) is 18.0. The molecule has 1 unspecified atom stereocenters. The van der Waals surface area contributed by atoms with Gasteiger partial charge in [0.1, 0.15) is 5.75 Å². The van der Waals surface area contributed by atoms with Crippen molar-refractivity contribution in [2.45, 2.75) is 58.6 Å². The highest BCUT2D eigenvalue weighted by atomic mass is 16.5. The Kier molecular flexibility index (Phi) is 7.76. The molecule has 1 N–H and O–H groups in total. The van der Waals surface area contributed by atoms with Crippen molar-refractivity contribution in [3.8, 4) is 5.75 Å². The van der Waals surface area contributed by atoms with E-state index >= 15 is 0 Å². The predicted octanol–water partition coefficient (Wildman–Crippen LogP) is 4.33. The highest BCUT2D eigenvalue weighted by Gasteiger charge is 2.25. The molecule has 21 heavy (non-hydrogen) atoms. The molecule has 0 aliphatic carbocycles. The Hall–Kier alpha value is -1.06. The quantitative estimate of drug-likeness (QED) is 0.696. The monoisotopic (exact) mass is 293 g/mol. The largest absolute Gasteiger partial charge is 0.493 e. The number of benzene rings is 1. The van der Waals surface area contributed by atoms with E-state index in [4.69, 9.17) is 9.47 Å². The van der Waals surface area contributed by atoms with Gasteiger partial charge in [0.2, 0.25) is 0 Å². The second-order valence-corrected chi connectivity index (χ2v) is 6.06. The standard InChI is InChI=1S/C18H31NO2/c1-6-12-19-16(14-18(3,4)20-5)15-10-8-9-11-17(15)21-13-7-2/h8-11,16,19H,6-7,12-14H2,1-5H3. The zero-order valence-electron chi connectivity index (χ0n) is 14.2. The molecule has 0 bridgehead atoms. The minimum absolute atomic E-state index is 0.163. The fraction of sp³-hybridized carbons (Fsp3) is 0.667. The van der Waals surface area contributed by atoms with E-state index in [1.165, 1.54) is 5.56 Å². The maximum atomic E-state index is 5.91. The van der Waals surface area contributed by atoms with Gasteiger partial charge in [-0.05, 0) is 45.7 Å². The molecule has 3 nitrogen and oxygen atoms in total. The third-order valence-electron chi connectivity index (χ3n) is 3.65. The Morgan fingerprint density at radius 2 is 1.86 bits per heavy atom. The summed E-state index contributed by atoms with van der Waals surface area (Å²) in [4.78, 5) is 0. The van der Waals surface area contributed by atoms with Crippen LogP contribution in [0.1, 0.15) is 58.6 Å². The van der Waals surface area contributed by atoms with E-state index in [9.17, 15) is 0 Å². The van der Waals surface area contributed by atoms with Crippen LogP contribution in [0.4, 0.5) is 0 Å². The molecule has 0 heterocycles. The lowest BCUT2D eigenvalue weighted by Gasteiger charge is -2.30. The predicted molar refractivity (Wildman–Crippen MR) is 89.0 cm³/mol. The second kappa shape index (κ2) is 9.06. The summed E-state index contributed by atoms with van der Waals surface area (Å²) in [6.07, 6.45) is 3.04. The summed E-state index contributed by atoms with van der Waals surface area (Å²) in [5, 5.41) is 3.63. The van der Waals surface area contributed by atoms with Crippen LogP contribution in [-0.2, 0) is 4.74 Å². The Morgan fingerprint density at radius 3 is 2.48 bits per heavy atom. The first-order valence-corrected chi connectivity index (χ1v) is 8.04. The van der Waals surface area contributed by atoms with Crippen LogP contribution in [0.15, 0.2) is 24.3 Å². The van der Waals surface area contributed by atoms with Gasteiger partial charge in [0.25, 0.3) is 0 Å². The van der Waals surface area contributed by atoms with E-state index in [1.54, 1.807) is 7.11 Å². The first-order valence-electron chi connectivity index (χ1n) is 8.04. The van der Waals surface area contributed by atoms with Crippen LogP contribution in [0.5, 0.6) is 5.75 Å². The van der Waals surface area contributed by atoms with Gasteiger partial charge in [0, 0.05) is 18.7 Å². The molecule has 3 heteroatoms. The molecule has 0 aliphatic heterocycles. The summed E-state index contributed by atoms with van der Waals surface area (Å²) in [6.45, 7) is 10.3. The molecular formula is C18H31NO2. The van der Waals surface area contributed by atoms with Crippen molar-refractivity contribution in [3.05, 3.63) is 29.8 Å². The topological polar surface area (TPSA) is 30.5 Å². The fourth-order valence-electron chi connectivity index (χ4n) is 2.30. The summed E-state index contributed by atoms with van der Waals surface area (Å²) < 4.78 is 11.5. The van der Waals surface area contributed by atoms with Crippen LogP contribution in [0, 0.1) is 0 Å². The van der Waals surface area contributed by atoms with Gasteiger partial charge in [-0.2, -0.15) is 0 Å². The number of para-hydroxylation sites is 1. The molecule has 0 spiro atoms. The van der Waals surface area contributed by atoms with Crippen molar-refractivity contribution in [2.75, 3.05) is 20.3 Å². The number of rotatable bonds is 10. The van der Waals surface area contributed by atoms with Crippen LogP contribution >= 0.6 is 0 Å². The lowest BCUT2D eigenvalue weighted by Crippen LogP contribution is -2.32. The lowest BCUT2D eigenvalue weighted by molar-refractivity contribution is 0.00664. The zero-order valence-corrected chi connectivity index (χ0v) is 14.2. The van der Waals surface area contributed by atoms with Crippen molar-refractivity contribution >= 4 is 0 Å². The summed E-state index contributed by atoms with van der Waals surface area (Å²) in [5.74, 6) is 0.986. The average molecular weight is 293 g/mol. The zero-order chi connectivity index (χ0) is 15.7. The van der Waals surface area contributed by atoms with Crippen molar-refractivity contribution in [1.29, 1.82) is 0 Å². The molecule has 120 valence electrons. The van der Waals surface area contributed by atoms with Gasteiger partial charge in [0.15, 0.2) is 0 Å². The summed E-state index contributed by atoms with van der Waals surface area (Å²) >= 11 is 0. The van der Waals surface area contributed by atoms with Gasteiger partial charge in [-0.1, -0.05) is 32.0 Å². The van der Waals surface area contributed by atoms with Gasteiger partial charge >= 0.3 is 0 Å². The Morgan fingerprint density at radius 1 is 1.14 bits per heavy atom. The molecule has 0 fully saturated rings. The van der Waals surface area contributed by atoms with E-state index in [0.717, 1.165) is 38.2 Å². The lowest BCUT2D eigenvalue weighted by atomic mass is 9.93. The van der Waals surface area contributed by atoms with Crippen LogP contribution < -0.4 is 10.1 Å². The van der Waals surface area contributed by atoms with Crippen LogP contribution in [-0.4, -0.2) is 25.9 Å². The summed E-state index contributed by atoms with van der Waals surface area (Å²) in [7, 11) is 1.77. The number of nitrogens with one attached hydrogen (secondary N) is 1. The molecule has 0 radical (unpaired) electrons. The Bertz CT molecular complexity index is 404. The van der Waals surface area contributed by atoms with E-state index in [1.807, 2.05) is 6.07 Å². The van der Waals surface area contributed by atoms with Gasteiger partial charge in [-0.15, -0.1) is 0 Å². The molecular weight excluding hydrogens is 262 g/mol. The fourth-order valence-corrected chi connectivity index (χ4v) is 2.30. The van der Waals surface area contributed by atoms with E-state index in [0.29, 0.717) is 0 Å². The second-order valence-electron chi connectivity index (χ2n) is 6.06. The number of hydrogen-bond acceptors (Lipinski definition) is 3. The molecule has 0 amide bonds. The van der Waals surface area contributed by atoms with Crippen molar-refractivity contribution in [3.63, 3.8) is 0 Å². The molecule has 0 aromatic heterocycles. The number of ether oxygens (including phenoxy) is 2. The third kappa shape index (κ3) is 6.06. The Labute approximate surface area is 130 Å². The average Bonchev–Trinajstić information content (AvgIpc) is 2.49. The molecule has 1 aromatic carbocycles. The molecule has 0 saturated heterocycles. The van der Waals surface area contributed by atoms with Crippen molar-refractivity contribution in [2.24, 2.45) is 0 Å². The molecule has 1 rings (SSSR count). The summed E-state index contributed by atoms with van der Waals surface area (Å²) in [5.41, 5.74) is 1.06. The van der Waals surface area contributed by atoms with Crippen molar-refractivity contribution in [1.82, 2.24) is 5.32 Å². The molecule has 1 atom stereocenters. The van der Waals surface area contributed by atoms with E-state index in [2.05, 4.69) is 51.2 Å². The van der Waals surface area contributed by atoms with E-state index in [-0.39, 0.29) is 11.6 Å². The molecule has 0 aliphatic rings. The third-order valence-corrected chi connectivity index (χ3v) is 3.65. The minimum atomic E-state index is -0.163. The number of methoxy groups -OCH3 is 1. The maximum absolute atomic E-state index is 5.91. The normalized spacial score (nSPS) is 13.2. The van der Waals surface area contributed by atoms with Gasteiger partial charge in [-0.3, -0.25) is 0 Å². The molecule has 0 saturated carbocycles. The van der Waals surface area contributed by atoms with Crippen LogP contribution in [0.25, 0.3) is 0 Å².